The Hall–Kier alpha value is -2.05. The summed E-state index contributed by atoms with van der Waals surface area (Å²) in [5.41, 5.74) is -1.11. The maximum Gasteiger partial charge on any atom is 0.396 e. The van der Waals surface area contributed by atoms with Gasteiger partial charge in [0.1, 0.15) is 0 Å². The highest BCUT2D eigenvalue weighted by Gasteiger charge is 2.43. The molecule has 0 aliphatic heterocycles. The topological polar surface area (TPSA) is 66.4 Å². The molecule has 1 rings (SSSR count). The lowest BCUT2D eigenvalue weighted by Crippen LogP contribution is -2.51. The van der Waals surface area contributed by atoms with Crippen molar-refractivity contribution in [3.05, 3.63) is 35.9 Å². The third-order valence-electron chi connectivity index (χ3n) is 4.20. The minimum Gasteiger partial charge on any atom is -0.481 e. The molecule has 0 radical (unpaired) electrons. The van der Waals surface area contributed by atoms with Crippen LogP contribution >= 0.6 is 0 Å². The van der Waals surface area contributed by atoms with Crippen molar-refractivity contribution in [2.24, 2.45) is 5.92 Å². The Balaban J connectivity index is 2.95. The number of hydrogen-bond acceptors (Lipinski definition) is 2. The van der Waals surface area contributed by atoms with E-state index in [1.807, 2.05) is 0 Å². The fourth-order valence-electron chi connectivity index (χ4n) is 2.37. The molecule has 2 unspecified atom stereocenters. The maximum atomic E-state index is 13.3. The van der Waals surface area contributed by atoms with Gasteiger partial charge in [0.05, 0.1) is 12.3 Å². The van der Waals surface area contributed by atoms with Gasteiger partial charge in [-0.2, -0.15) is 13.2 Å². The lowest BCUT2D eigenvalue weighted by atomic mass is 9.84. The Morgan fingerprint density at radius 2 is 1.71 bits per heavy atom. The Labute approximate surface area is 139 Å². The van der Waals surface area contributed by atoms with Gasteiger partial charge in [-0.05, 0) is 18.4 Å². The first-order valence-corrected chi connectivity index (χ1v) is 7.60. The molecule has 0 saturated heterocycles. The normalized spacial score (nSPS) is 15.6. The highest BCUT2D eigenvalue weighted by Crippen LogP contribution is 2.37. The molecule has 0 aromatic heterocycles. The molecule has 0 fully saturated rings. The summed E-state index contributed by atoms with van der Waals surface area (Å²) in [5.74, 6) is -4.13. The fraction of sp³-hybridized carbons (Fsp3) is 0.529. The Morgan fingerprint density at radius 1 is 1.17 bits per heavy atom. The molecule has 1 amide bonds. The van der Waals surface area contributed by atoms with Crippen molar-refractivity contribution in [3.8, 4) is 0 Å². The Bertz CT molecular complexity index is 572. The van der Waals surface area contributed by atoms with Crippen LogP contribution in [0.1, 0.15) is 45.1 Å². The minimum atomic E-state index is -4.57. The van der Waals surface area contributed by atoms with Gasteiger partial charge in [0.15, 0.2) is 0 Å². The maximum absolute atomic E-state index is 13.3. The molecule has 0 aliphatic carbocycles. The molecule has 134 valence electrons. The number of nitrogens with one attached hydrogen (secondary N) is 1. The zero-order valence-electron chi connectivity index (χ0n) is 13.9. The summed E-state index contributed by atoms with van der Waals surface area (Å²) in [7, 11) is 0. The lowest BCUT2D eigenvalue weighted by Gasteiger charge is -2.34. The molecule has 7 heteroatoms. The van der Waals surface area contributed by atoms with Gasteiger partial charge < -0.3 is 10.4 Å². The standard InChI is InChI=1S/C17H22F3NO3/c1-11(2)16(3,10-15(23)24)21-14(22)9-13(17(18,19)20)12-7-5-4-6-8-12/h4-8,11,13H,9-10H2,1-3H3,(H,21,22)(H,23,24). The number of carbonyl (C=O) groups excluding carboxylic acids is 1. The molecular weight excluding hydrogens is 323 g/mol. The molecular formula is C17H22F3NO3. The molecule has 0 spiro atoms. The van der Waals surface area contributed by atoms with Crippen molar-refractivity contribution >= 4 is 11.9 Å². The van der Waals surface area contributed by atoms with Crippen molar-refractivity contribution in [3.63, 3.8) is 0 Å². The number of carboxylic acid groups (broad SMARTS) is 1. The smallest absolute Gasteiger partial charge is 0.396 e. The number of halogens is 3. The molecule has 0 saturated carbocycles. The summed E-state index contributed by atoms with van der Waals surface area (Å²) < 4.78 is 39.9. The monoisotopic (exact) mass is 345 g/mol. The van der Waals surface area contributed by atoms with Gasteiger partial charge in [0, 0.05) is 12.0 Å². The van der Waals surface area contributed by atoms with Gasteiger partial charge in [0.2, 0.25) is 5.91 Å². The first-order chi connectivity index (χ1) is 11.0. The first kappa shape index (κ1) is 20.0. The third-order valence-corrected chi connectivity index (χ3v) is 4.20. The average molecular weight is 345 g/mol. The van der Waals surface area contributed by atoms with Crippen molar-refractivity contribution in [2.45, 2.75) is 51.2 Å². The number of carboxylic acids is 1. The zero-order valence-corrected chi connectivity index (χ0v) is 13.9. The summed E-state index contributed by atoms with van der Waals surface area (Å²) in [5, 5.41) is 11.4. The van der Waals surface area contributed by atoms with E-state index in [-0.39, 0.29) is 17.9 Å². The van der Waals surface area contributed by atoms with Crippen molar-refractivity contribution in [1.29, 1.82) is 0 Å². The predicted octanol–water partition coefficient (Wildman–Crippen LogP) is 3.73. The number of carbonyl (C=O) groups is 2. The number of hydrogen-bond donors (Lipinski definition) is 2. The van der Waals surface area contributed by atoms with Gasteiger partial charge in [-0.1, -0.05) is 44.2 Å². The van der Waals surface area contributed by atoms with Gasteiger partial charge in [-0.3, -0.25) is 9.59 Å². The highest BCUT2D eigenvalue weighted by molar-refractivity contribution is 5.79. The number of alkyl halides is 3. The van der Waals surface area contributed by atoms with Crippen LogP contribution in [-0.4, -0.2) is 28.7 Å². The number of rotatable bonds is 7. The highest BCUT2D eigenvalue weighted by atomic mass is 19.4. The summed E-state index contributed by atoms with van der Waals surface area (Å²) in [6.45, 7) is 4.94. The summed E-state index contributed by atoms with van der Waals surface area (Å²) in [6.07, 6.45) is -5.71. The summed E-state index contributed by atoms with van der Waals surface area (Å²) in [4.78, 5) is 23.1. The number of amides is 1. The van der Waals surface area contributed by atoms with E-state index in [0.717, 1.165) is 0 Å². The van der Waals surface area contributed by atoms with E-state index in [9.17, 15) is 22.8 Å². The fourth-order valence-corrected chi connectivity index (χ4v) is 2.37. The van der Waals surface area contributed by atoms with E-state index < -0.39 is 35.9 Å². The van der Waals surface area contributed by atoms with Crippen LogP contribution in [0.25, 0.3) is 0 Å². The van der Waals surface area contributed by atoms with E-state index >= 15 is 0 Å². The Morgan fingerprint density at radius 3 is 2.12 bits per heavy atom. The van der Waals surface area contributed by atoms with E-state index in [2.05, 4.69) is 5.32 Å². The molecule has 1 aromatic rings. The average Bonchev–Trinajstić information content (AvgIpc) is 2.43. The molecule has 4 nitrogen and oxygen atoms in total. The van der Waals surface area contributed by atoms with Crippen LogP contribution in [0.4, 0.5) is 13.2 Å². The van der Waals surface area contributed by atoms with Gasteiger partial charge in [-0.15, -0.1) is 0 Å². The second kappa shape index (κ2) is 7.68. The Kier molecular flexibility index (Phi) is 6.40. The molecule has 0 aliphatic rings. The van der Waals surface area contributed by atoms with Crippen LogP contribution in [0.15, 0.2) is 30.3 Å². The van der Waals surface area contributed by atoms with Crippen LogP contribution in [0, 0.1) is 5.92 Å². The summed E-state index contributed by atoms with van der Waals surface area (Å²) >= 11 is 0. The number of benzene rings is 1. The minimum absolute atomic E-state index is 0.00429. The summed E-state index contributed by atoms with van der Waals surface area (Å²) in [6, 6.07) is 7.21. The lowest BCUT2D eigenvalue weighted by molar-refractivity contribution is -0.158. The van der Waals surface area contributed by atoms with Crippen molar-refractivity contribution in [2.75, 3.05) is 0 Å². The van der Waals surface area contributed by atoms with Crippen LogP contribution in [0.5, 0.6) is 0 Å². The predicted molar refractivity (Wildman–Crippen MR) is 83.5 cm³/mol. The van der Waals surface area contributed by atoms with Crippen LogP contribution < -0.4 is 5.32 Å². The SMILES string of the molecule is CC(C)C(C)(CC(=O)O)NC(=O)CC(c1ccccc1)C(F)(F)F. The van der Waals surface area contributed by atoms with Crippen LogP contribution in [-0.2, 0) is 9.59 Å². The molecule has 2 N–H and O–H groups in total. The second-order valence-corrected chi connectivity index (χ2v) is 6.40. The molecule has 0 bridgehead atoms. The van der Waals surface area contributed by atoms with E-state index in [4.69, 9.17) is 5.11 Å². The van der Waals surface area contributed by atoms with Gasteiger partial charge in [-0.25, -0.2) is 0 Å². The molecule has 24 heavy (non-hydrogen) atoms. The van der Waals surface area contributed by atoms with E-state index in [1.165, 1.54) is 31.2 Å². The van der Waals surface area contributed by atoms with Crippen molar-refractivity contribution < 1.29 is 27.9 Å². The van der Waals surface area contributed by atoms with E-state index in [1.54, 1.807) is 19.9 Å². The van der Waals surface area contributed by atoms with Gasteiger partial charge in [0.25, 0.3) is 0 Å². The third kappa shape index (κ3) is 5.54. The first-order valence-electron chi connectivity index (χ1n) is 7.60. The van der Waals surface area contributed by atoms with Gasteiger partial charge >= 0.3 is 12.1 Å². The van der Waals surface area contributed by atoms with E-state index in [0.29, 0.717) is 0 Å². The zero-order chi connectivity index (χ0) is 18.5. The quantitative estimate of drug-likeness (QED) is 0.791. The second-order valence-electron chi connectivity index (χ2n) is 6.40. The molecule has 0 heterocycles. The number of aliphatic carboxylic acids is 1. The van der Waals surface area contributed by atoms with Crippen LogP contribution in [0.2, 0.25) is 0 Å². The molecule has 2 atom stereocenters. The van der Waals surface area contributed by atoms with Crippen LogP contribution in [0.3, 0.4) is 0 Å². The molecule has 1 aromatic carbocycles. The largest absolute Gasteiger partial charge is 0.481 e. The van der Waals surface area contributed by atoms with Crippen molar-refractivity contribution in [1.82, 2.24) is 5.32 Å².